The molecular weight excluding hydrogens is 296 g/mol. The van der Waals surface area contributed by atoms with Crippen LogP contribution in [0.2, 0.25) is 0 Å². The lowest BCUT2D eigenvalue weighted by Crippen LogP contribution is -2.33. The molecule has 1 aromatic carbocycles. The Bertz CT molecular complexity index is 532. The fourth-order valence-electron chi connectivity index (χ4n) is 2.60. The van der Waals surface area contributed by atoms with Crippen LogP contribution in [0.15, 0.2) is 18.2 Å². The van der Waals surface area contributed by atoms with E-state index in [1.807, 2.05) is 6.92 Å². The highest BCUT2D eigenvalue weighted by molar-refractivity contribution is 7.84. The highest BCUT2D eigenvalue weighted by Gasteiger charge is 2.34. The van der Waals surface area contributed by atoms with E-state index in [2.05, 4.69) is 0 Å². The molecular formula is C15H23F2NO2S. The normalized spacial score (nSPS) is 15.8. The zero-order valence-corrected chi connectivity index (χ0v) is 13.6. The number of aliphatic hydroxyl groups excluding tert-OH is 1. The highest BCUT2D eigenvalue weighted by Crippen LogP contribution is 2.36. The molecule has 1 unspecified atom stereocenters. The second-order valence-corrected chi connectivity index (χ2v) is 7.74. The maximum absolute atomic E-state index is 13.7. The number of aliphatic hydroxyl groups is 1. The van der Waals surface area contributed by atoms with Gasteiger partial charge in [0.05, 0.1) is 15.7 Å². The predicted octanol–water partition coefficient (Wildman–Crippen LogP) is 2.97. The van der Waals surface area contributed by atoms with Gasteiger partial charge in [-0.3, -0.25) is 5.14 Å². The Balaban J connectivity index is 3.15. The van der Waals surface area contributed by atoms with Crippen LogP contribution < -0.4 is 5.14 Å². The Morgan fingerprint density at radius 2 is 1.95 bits per heavy atom. The zero-order chi connectivity index (χ0) is 16.4. The maximum atomic E-state index is 13.7. The van der Waals surface area contributed by atoms with Crippen molar-refractivity contribution in [2.75, 3.05) is 6.61 Å². The lowest BCUT2D eigenvalue weighted by Gasteiger charge is -2.27. The van der Waals surface area contributed by atoms with Gasteiger partial charge < -0.3 is 5.11 Å². The van der Waals surface area contributed by atoms with Crippen molar-refractivity contribution in [1.82, 2.24) is 0 Å². The molecule has 1 aromatic rings. The average Bonchev–Trinajstić information content (AvgIpc) is 2.37. The molecule has 0 bridgehead atoms. The van der Waals surface area contributed by atoms with Crippen molar-refractivity contribution in [3.63, 3.8) is 0 Å². The van der Waals surface area contributed by atoms with Gasteiger partial charge in [-0.2, -0.15) is 8.78 Å². The van der Waals surface area contributed by atoms with Crippen molar-refractivity contribution in [3.8, 4) is 0 Å². The van der Waals surface area contributed by atoms with Gasteiger partial charge in [0.2, 0.25) is 0 Å². The van der Waals surface area contributed by atoms with Crippen LogP contribution in [0, 0.1) is 6.92 Å². The third-order valence-electron chi connectivity index (χ3n) is 3.84. The lowest BCUT2D eigenvalue weighted by atomic mass is 9.86. The molecule has 0 heterocycles. The van der Waals surface area contributed by atoms with E-state index in [0.717, 1.165) is 5.56 Å². The number of nitrogens with two attached hydrogens (primary N) is 1. The van der Waals surface area contributed by atoms with Crippen LogP contribution >= 0.6 is 0 Å². The molecule has 2 atom stereocenters. The van der Waals surface area contributed by atoms with Crippen molar-refractivity contribution in [2.24, 2.45) is 5.14 Å². The van der Waals surface area contributed by atoms with Crippen LogP contribution in [0.5, 0.6) is 0 Å². The van der Waals surface area contributed by atoms with Gasteiger partial charge in [-0.1, -0.05) is 25.1 Å². The summed E-state index contributed by atoms with van der Waals surface area (Å²) < 4.78 is 38.4. The molecule has 0 saturated carbocycles. The summed E-state index contributed by atoms with van der Waals surface area (Å²) in [7, 11) is -1.49. The first-order valence-corrected chi connectivity index (χ1v) is 7.99. The minimum absolute atomic E-state index is 0.0676. The third kappa shape index (κ3) is 4.08. The number of hydrogen-bond donors (Lipinski definition) is 2. The van der Waals surface area contributed by atoms with Crippen LogP contribution in [0.3, 0.4) is 0 Å². The van der Waals surface area contributed by atoms with Gasteiger partial charge in [0.15, 0.2) is 0 Å². The maximum Gasteiger partial charge on any atom is 0.296 e. The van der Waals surface area contributed by atoms with Gasteiger partial charge in [0, 0.05) is 5.56 Å². The van der Waals surface area contributed by atoms with Crippen molar-refractivity contribution in [1.29, 1.82) is 0 Å². The molecule has 0 spiro atoms. The Labute approximate surface area is 127 Å². The lowest BCUT2D eigenvalue weighted by molar-refractivity contribution is -0.0561. The molecule has 0 saturated heterocycles. The fraction of sp³-hybridized carbons (Fsp3) is 0.600. The summed E-state index contributed by atoms with van der Waals surface area (Å²) in [6.45, 7) is 5.89. The minimum Gasteiger partial charge on any atom is -0.390 e. The second kappa shape index (κ2) is 6.50. The van der Waals surface area contributed by atoms with Gasteiger partial charge in [-0.15, -0.1) is 0 Å². The van der Waals surface area contributed by atoms with Crippen molar-refractivity contribution < 1.29 is 18.1 Å². The zero-order valence-electron chi connectivity index (χ0n) is 12.8. The van der Waals surface area contributed by atoms with Crippen molar-refractivity contribution in [2.45, 2.75) is 50.7 Å². The van der Waals surface area contributed by atoms with E-state index >= 15 is 0 Å². The van der Waals surface area contributed by atoms with Crippen molar-refractivity contribution in [3.05, 3.63) is 34.9 Å². The largest absolute Gasteiger partial charge is 0.390 e. The van der Waals surface area contributed by atoms with E-state index in [9.17, 15) is 13.0 Å². The molecule has 3 N–H and O–H groups in total. The summed E-state index contributed by atoms with van der Waals surface area (Å²) in [6.07, 6.45) is 0.519. The molecule has 1 rings (SSSR count). The first-order chi connectivity index (χ1) is 9.53. The van der Waals surface area contributed by atoms with Crippen LogP contribution in [-0.2, 0) is 16.9 Å². The molecule has 0 aliphatic heterocycles. The molecule has 0 aliphatic rings. The van der Waals surface area contributed by atoms with E-state index in [1.54, 1.807) is 32.9 Å². The molecule has 0 fully saturated rings. The van der Waals surface area contributed by atoms with E-state index in [1.165, 1.54) is 6.07 Å². The SMILES string of the molecule is Cc1c([C@H](C)CC(C)(C)S(N)=O)cccc1C(F)(F)CO. The van der Waals surface area contributed by atoms with E-state index in [-0.39, 0.29) is 11.5 Å². The summed E-state index contributed by atoms with van der Waals surface area (Å²) in [6, 6.07) is 4.67. The fourth-order valence-corrected chi connectivity index (χ4v) is 3.01. The highest BCUT2D eigenvalue weighted by atomic mass is 32.2. The molecule has 21 heavy (non-hydrogen) atoms. The molecule has 120 valence electrons. The van der Waals surface area contributed by atoms with Gasteiger partial charge in [-0.05, 0) is 44.2 Å². The van der Waals surface area contributed by atoms with Crippen LogP contribution in [-0.4, -0.2) is 20.7 Å². The molecule has 0 aliphatic carbocycles. The number of halogens is 2. The topological polar surface area (TPSA) is 63.3 Å². The van der Waals surface area contributed by atoms with E-state index in [0.29, 0.717) is 12.0 Å². The summed E-state index contributed by atoms with van der Waals surface area (Å²) in [5, 5.41) is 14.3. The molecule has 3 nitrogen and oxygen atoms in total. The van der Waals surface area contributed by atoms with Gasteiger partial charge >= 0.3 is 0 Å². The number of benzene rings is 1. The quantitative estimate of drug-likeness (QED) is 0.846. The summed E-state index contributed by atoms with van der Waals surface area (Å²) in [5.41, 5.74) is 1.06. The number of alkyl halides is 2. The number of hydrogen-bond acceptors (Lipinski definition) is 2. The Hall–Kier alpha value is -0.850. The van der Waals surface area contributed by atoms with Crippen LogP contribution in [0.1, 0.15) is 49.8 Å². The first kappa shape index (κ1) is 18.2. The average molecular weight is 319 g/mol. The summed E-state index contributed by atoms with van der Waals surface area (Å²) in [5.74, 6) is -3.33. The molecule has 6 heteroatoms. The summed E-state index contributed by atoms with van der Waals surface area (Å²) in [4.78, 5) is 0. The van der Waals surface area contributed by atoms with Gasteiger partial charge in [0.1, 0.15) is 6.61 Å². The Morgan fingerprint density at radius 1 is 1.38 bits per heavy atom. The Morgan fingerprint density at radius 3 is 2.43 bits per heavy atom. The van der Waals surface area contributed by atoms with Gasteiger partial charge in [0.25, 0.3) is 5.92 Å². The predicted molar refractivity (Wildman–Crippen MR) is 81.6 cm³/mol. The standard InChI is InChI=1S/C15H23F2NO2S/c1-10(8-14(3,4)21(18)20)12-6-5-7-13(11(12)2)15(16,17)9-19/h5-7,10,19H,8-9,18H2,1-4H3/t10-,21?/m1/s1. The van der Waals surface area contributed by atoms with Gasteiger partial charge in [-0.25, -0.2) is 4.21 Å². The third-order valence-corrected chi connectivity index (χ3v) is 5.10. The monoisotopic (exact) mass is 319 g/mol. The second-order valence-electron chi connectivity index (χ2n) is 6.04. The first-order valence-electron chi connectivity index (χ1n) is 6.78. The molecule has 0 aromatic heterocycles. The molecule has 0 amide bonds. The minimum atomic E-state index is -3.26. The molecule has 0 radical (unpaired) electrons. The van der Waals surface area contributed by atoms with Crippen LogP contribution in [0.25, 0.3) is 0 Å². The van der Waals surface area contributed by atoms with E-state index < -0.39 is 28.3 Å². The van der Waals surface area contributed by atoms with Crippen LogP contribution in [0.4, 0.5) is 8.78 Å². The summed E-state index contributed by atoms with van der Waals surface area (Å²) >= 11 is 0. The Kier molecular flexibility index (Phi) is 5.63. The number of rotatable bonds is 6. The van der Waals surface area contributed by atoms with Crippen molar-refractivity contribution >= 4 is 11.0 Å². The smallest absolute Gasteiger partial charge is 0.296 e. The van der Waals surface area contributed by atoms with E-state index in [4.69, 9.17) is 10.2 Å².